The first kappa shape index (κ1) is 32.2. The van der Waals surface area contributed by atoms with Crippen LogP contribution in [0.2, 0.25) is 0 Å². The van der Waals surface area contributed by atoms with Crippen LogP contribution in [0.25, 0.3) is 0 Å². The molecule has 4 aromatic rings. The van der Waals surface area contributed by atoms with E-state index in [4.69, 9.17) is 18.9 Å². The third-order valence-corrected chi connectivity index (χ3v) is 7.10. The Morgan fingerprint density at radius 2 is 1.05 bits per heavy atom. The predicted molar refractivity (Wildman–Crippen MR) is 174 cm³/mol. The molecule has 0 aliphatic carbocycles. The predicted octanol–water partition coefficient (Wildman–Crippen LogP) is 5.99. The number of halogens is 2. The first-order valence-corrected chi connectivity index (χ1v) is 14.7. The summed E-state index contributed by atoms with van der Waals surface area (Å²) in [6, 6.07) is 26.3. The first-order valence-electron chi connectivity index (χ1n) is 13.1. The van der Waals surface area contributed by atoms with Crippen LogP contribution in [-0.4, -0.2) is 38.5 Å². The molecule has 0 heterocycles. The van der Waals surface area contributed by atoms with E-state index in [0.29, 0.717) is 56.3 Å². The lowest BCUT2D eigenvalue weighted by Gasteiger charge is -2.13. The third kappa shape index (κ3) is 9.16. The number of ether oxygens (including phenoxy) is 4. The highest BCUT2D eigenvalue weighted by Crippen LogP contribution is 2.38. The molecule has 10 nitrogen and oxygen atoms in total. The van der Waals surface area contributed by atoms with Gasteiger partial charge in [-0.1, -0.05) is 60.7 Å². The van der Waals surface area contributed by atoms with Crippen molar-refractivity contribution >= 4 is 56.1 Å². The molecule has 0 aliphatic rings. The summed E-state index contributed by atoms with van der Waals surface area (Å²) in [5.74, 6) is -0.0303. The molecule has 12 heteroatoms. The summed E-state index contributed by atoms with van der Waals surface area (Å²) in [6.45, 7) is 0.715. The van der Waals surface area contributed by atoms with Crippen LogP contribution in [0.3, 0.4) is 0 Å². The number of hydrazone groups is 2. The molecule has 0 spiro atoms. The van der Waals surface area contributed by atoms with Crippen LogP contribution < -0.4 is 29.8 Å². The fourth-order valence-corrected chi connectivity index (χ4v) is 4.95. The molecule has 0 saturated carbocycles. The van der Waals surface area contributed by atoms with E-state index in [1.54, 1.807) is 24.3 Å². The number of hydrogen-bond acceptors (Lipinski definition) is 8. The van der Waals surface area contributed by atoms with Crippen molar-refractivity contribution in [2.45, 2.75) is 13.2 Å². The first-order chi connectivity index (χ1) is 21.4. The molecule has 2 N–H and O–H groups in total. The van der Waals surface area contributed by atoms with Crippen molar-refractivity contribution in [2.75, 3.05) is 14.2 Å². The number of nitrogens with one attached hydrogen (secondary N) is 2. The lowest BCUT2D eigenvalue weighted by Crippen LogP contribution is -2.35. The lowest BCUT2D eigenvalue weighted by atomic mass is 10.2. The molecule has 0 atom stereocenters. The highest BCUT2D eigenvalue weighted by atomic mass is 79.9. The van der Waals surface area contributed by atoms with Crippen molar-refractivity contribution in [3.8, 4) is 23.0 Å². The van der Waals surface area contributed by atoms with E-state index in [1.807, 2.05) is 60.7 Å². The molecule has 0 aliphatic heterocycles. The molecule has 0 bridgehead atoms. The van der Waals surface area contributed by atoms with E-state index < -0.39 is 11.8 Å². The second-order valence-corrected chi connectivity index (χ2v) is 10.7. The summed E-state index contributed by atoms with van der Waals surface area (Å²) in [7, 11) is 3.04. The van der Waals surface area contributed by atoms with Gasteiger partial charge in [0.2, 0.25) is 0 Å². The Morgan fingerprint density at radius 3 is 1.41 bits per heavy atom. The van der Waals surface area contributed by atoms with E-state index in [9.17, 15) is 9.59 Å². The Kier molecular flexibility index (Phi) is 11.9. The monoisotopic (exact) mass is 722 g/mol. The SMILES string of the molecule is COc1cc(/C=N\NC(=O)C(=O)N/N=C/c2cc(Br)c(OCc3ccccc3)c(OC)c2)cc(Br)c1OCc1ccccc1. The second kappa shape index (κ2) is 16.2. The summed E-state index contributed by atoms with van der Waals surface area (Å²) in [4.78, 5) is 24.4. The van der Waals surface area contributed by atoms with Crippen LogP contribution in [0, 0.1) is 0 Å². The van der Waals surface area contributed by atoms with Crippen LogP contribution in [-0.2, 0) is 22.8 Å². The molecule has 4 aromatic carbocycles. The van der Waals surface area contributed by atoms with E-state index >= 15 is 0 Å². The number of amides is 2. The maximum atomic E-state index is 12.2. The standard InChI is InChI=1S/C32H28Br2N4O6/c1-41-27-15-23(13-25(33)29(27)43-19-21-9-5-3-6-10-21)17-35-37-31(39)32(40)38-36-18-24-14-26(34)30(28(16-24)42-2)44-20-22-11-7-4-8-12-22/h3-18H,19-20H2,1-2H3,(H,37,39)(H,38,40)/b35-17-,36-18+. The number of carbonyl (C=O) groups is 2. The van der Waals surface area contributed by atoms with E-state index in [-0.39, 0.29) is 0 Å². The van der Waals surface area contributed by atoms with Crippen molar-refractivity contribution in [1.82, 2.24) is 10.9 Å². The molecule has 4 rings (SSSR count). The molecule has 0 aromatic heterocycles. The Labute approximate surface area is 271 Å². The van der Waals surface area contributed by atoms with Crippen molar-refractivity contribution in [1.29, 1.82) is 0 Å². The average molecular weight is 724 g/mol. The molecule has 0 radical (unpaired) electrons. The number of benzene rings is 4. The minimum Gasteiger partial charge on any atom is -0.493 e. The molecule has 0 fully saturated rings. The van der Waals surface area contributed by atoms with E-state index in [0.717, 1.165) is 11.1 Å². The normalized spacial score (nSPS) is 10.9. The van der Waals surface area contributed by atoms with E-state index in [1.165, 1.54) is 26.6 Å². The van der Waals surface area contributed by atoms with Crippen LogP contribution in [0.5, 0.6) is 23.0 Å². The zero-order chi connectivity index (χ0) is 31.3. The Hall–Kier alpha value is -4.68. The van der Waals surface area contributed by atoms with Gasteiger partial charge in [0.25, 0.3) is 0 Å². The van der Waals surface area contributed by atoms with Crippen LogP contribution >= 0.6 is 31.9 Å². The van der Waals surface area contributed by atoms with Gasteiger partial charge in [-0.05, 0) is 78.4 Å². The van der Waals surface area contributed by atoms with Crippen LogP contribution in [0.1, 0.15) is 22.3 Å². The quantitative estimate of drug-likeness (QED) is 0.105. The lowest BCUT2D eigenvalue weighted by molar-refractivity contribution is -0.139. The van der Waals surface area contributed by atoms with Crippen LogP contribution in [0.4, 0.5) is 0 Å². The molecular formula is C32H28Br2N4O6. The molecule has 2 amide bonds. The van der Waals surface area contributed by atoms with Gasteiger partial charge in [-0.3, -0.25) is 9.59 Å². The van der Waals surface area contributed by atoms with Crippen molar-refractivity contribution in [2.24, 2.45) is 10.2 Å². The van der Waals surface area contributed by atoms with Gasteiger partial charge in [-0.25, -0.2) is 10.9 Å². The van der Waals surface area contributed by atoms with Gasteiger partial charge in [0, 0.05) is 0 Å². The topological polar surface area (TPSA) is 120 Å². The minimum atomic E-state index is -1.00. The maximum Gasteiger partial charge on any atom is 0.331 e. The number of rotatable bonds is 12. The van der Waals surface area contributed by atoms with Crippen molar-refractivity contribution in [3.63, 3.8) is 0 Å². The van der Waals surface area contributed by atoms with Gasteiger partial charge >= 0.3 is 11.8 Å². The average Bonchev–Trinajstić information content (AvgIpc) is 3.04. The van der Waals surface area contributed by atoms with Gasteiger partial charge in [0.15, 0.2) is 23.0 Å². The van der Waals surface area contributed by atoms with Crippen molar-refractivity contribution in [3.05, 3.63) is 116 Å². The highest BCUT2D eigenvalue weighted by molar-refractivity contribution is 9.11. The van der Waals surface area contributed by atoms with E-state index in [2.05, 4.69) is 52.9 Å². The fraction of sp³-hybridized carbons (Fsp3) is 0.125. The smallest absolute Gasteiger partial charge is 0.331 e. The molecule has 0 saturated heterocycles. The number of methoxy groups -OCH3 is 2. The Morgan fingerprint density at radius 1 is 0.659 bits per heavy atom. The maximum absolute atomic E-state index is 12.2. The minimum absolute atomic E-state index is 0.357. The largest absolute Gasteiger partial charge is 0.493 e. The summed E-state index contributed by atoms with van der Waals surface area (Å²) >= 11 is 6.97. The Balaban J connectivity index is 1.30. The fourth-order valence-electron chi connectivity index (χ4n) is 3.80. The highest BCUT2D eigenvalue weighted by Gasteiger charge is 2.14. The van der Waals surface area contributed by atoms with Gasteiger partial charge < -0.3 is 18.9 Å². The zero-order valence-electron chi connectivity index (χ0n) is 23.8. The van der Waals surface area contributed by atoms with Crippen molar-refractivity contribution < 1.29 is 28.5 Å². The number of nitrogens with zero attached hydrogens (tertiary/aromatic N) is 2. The third-order valence-electron chi connectivity index (χ3n) is 5.92. The van der Waals surface area contributed by atoms with Crippen LogP contribution in [0.15, 0.2) is 104 Å². The summed E-state index contributed by atoms with van der Waals surface area (Å²) in [6.07, 6.45) is 2.74. The Bertz CT molecular complexity index is 1530. The molecule has 44 heavy (non-hydrogen) atoms. The van der Waals surface area contributed by atoms with Gasteiger partial charge in [-0.2, -0.15) is 10.2 Å². The van der Waals surface area contributed by atoms with Gasteiger partial charge in [-0.15, -0.1) is 0 Å². The summed E-state index contributed by atoms with van der Waals surface area (Å²) < 4.78 is 24.0. The molecular weight excluding hydrogens is 696 g/mol. The number of carbonyl (C=O) groups excluding carboxylic acids is 2. The molecule has 226 valence electrons. The summed E-state index contributed by atoms with van der Waals surface area (Å²) in [5.41, 5.74) is 7.55. The van der Waals surface area contributed by atoms with Gasteiger partial charge in [0.05, 0.1) is 35.6 Å². The number of hydrogen-bond donors (Lipinski definition) is 2. The zero-order valence-corrected chi connectivity index (χ0v) is 26.9. The second-order valence-electron chi connectivity index (χ2n) is 9.02. The van der Waals surface area contributed by atoms with Gasteiger partial charge in [0.1, 0.15) is 13.2 Å². The summed E-state index contributed by atoms with van der Waals surface area (Å²) in [5, 5.41) is 7.72. The molecule has 0 unspecified atom stereocenters.